The van der Waals surface area contributed by atoms with E-state index in [4.69, 9.17) is 10.5 Å². The lowest BCUT2D eigenvalue weighted by molar-refractivity contribution is -0.137. The lowest BCUT2D eigenvalue weighted by atomic mass is 10.1. The number of carbonyl (C=O) groups is 1. The van der Waals surface area contributed by atoms with E-state index in [1.54, 1.807) is 6.92 Å². The Morgan fingerprint density at radius 3 is 2.26 bits per heavy atom. The van der Waals surface area contributed by atoms with Crippen LogP contribution < -0.4 is 5.73 Å². The molecule has 1 aromatic carbocycles. The van der Waals surface area contributed by atoms with Crippen LogP contribution in [0.5, 0.6) is 0 Å². The number of ether oxygens (including phenoxy) is 1. The Kier molecular flexibility index (Phi) is 4.72. The Balaban J connectivity index is 2.90. The number of benzene rings is 1. The zero-order chi connectivity index (χ0) is 14.6. The van der Waals surface area contributed by atoms with Gasteiger partial charge in [0.15, 0.2) is 5.78 Å². The Labute approximate surface area is 108 Å². The van der Waals surface area contributed by atoms with Gasteiger partial charge >= 0.3 is 6.18 Å². The van der Waals surface area contributed by atoms with Gasteiger partial charge in [-0.3, -0.25) is 4.79 Å². The lowest BCUT2D eigenvalue weighted by Gasteiger charge is -2.09. The van der Waals surface area contributed by atoms with Crippen LogP contribution in [0.4, 0.5) is 13.2 Å². The molecule has 0 bridgehead atoms. The first-order chi connectivity index (χ1) is 8.75. The summed E-state index contributed by atoms with van der Waals surface area (Å²) in [6.45, 7) is 1.66. The van der Waals surface area contributed by atoms with Gasteiger partial charge in [-0.1, -0.05) is 12.1 Å². The topological polar surface area (TPSA) is 52.3 Å². The summed E-state index contributed by atoms with van der Waals surface area (Å²) in [5, 5.41) is 0. The second-order valence-electron chi connectivity index (χ2n) is 3.96. The monoisotopic (exact) mass is 273 g/mol. The Hall–Kier alpha value is -1.82. The van der Waals surface area contributed by atoms with Crippen LogP contribution in [-0.2, 0) is 10.9 Å². The molecule has 0 radical (unpaired) electrons. The molecule has 0 spiro atoms. The number of ketones is 1. The van der Waals surface area contributed by atoms with E-state index in [1.165, 1.54) is 7.11 Å². The average Bonchev–Trinajstić information content (AvgIpc) is 2.36. The lowest BCUT2D eigenvalue weighted by Crippen LogP contribution is -2.17. The summed E-state index contributed by atoms with van der Waals surface area (Å²) in [4.78, 5) is 11.7. The summed E-state index contributed by atoms with van der Waals surface area (Å²) in [7, 11) is 1.44. The number of hydrogen-bond donors (Lipinski definition) is 1. The van der Waals surface area contributed by atoms with E-state index in [0.29, 0.717) is 0 Å². The van der Waals surface area contributed by atoms with E-state index in [2.05, 4.69) is 0 Å². The van der Waals surface area contributed by atoms with Crippen LogP contribution in [0.15, 0.2) is 36.0 Å². The molecule has 0 aliphatic carbocycles. The maximum atomic E-state index is 12.3. The maximum Gasteiger partial charge on any atom is 0.416 e. The van der Waals surface area contributed by atoms with Gasteiger partial charge in [-0.05, 0) is 19.1 Å². The van der Waals surface area contributed by atoms with Crippen molar-refractivity contribution in [3.8, 4) is 0 Å². The summed E-state index contributed by atoms with van der Waals surface area (Å²) in [6.07, 6.45) is -3.70. The molecule has 0 heterocycles. The average molecular weight is 273 g/mol. The summed E-state index contributed by atoms with van der Waals surface area (Å²) >= 11 is 0. The summed E-state index contributed by atoms with van der Waals surface area (Å²) in [5.41, 5.74) is 5.15. The fourth-order valence-electron chi connectivity index (χ4n) is 1.31. The molecule has 0 saturated carbocycles. The molecule has 0 aliphatic heterocycles. The fourth-order valence-corrected chi connectivity index (χ4v) is 1.31. The highest BCUT2D eigenvalue weighted by molar-refractivity contribution is 6.04. The zero-order valence-electron chi connectivity index (χ0n) is 10.5. The van der Waals surface area contributed by atoms with Crippen LogP contribution >= 0.6 is 0 Å². The summed E-state index contributed by atoms with van der Waals surface area (Å²) in [5.74, 6) is -0.463. The third-order valence-electron chi connectivity index (χ3n) is 2.62. The molecule has 0 amide bonds. The van der Waals surface area contributed by atoms with E-state index in [9.17, 15) is 18.0 Å². The van der Waals surface area contributed by atoms with Crippen LogP contribution in [0, 0.1) is 0 Å². The van der Waals surface area contributed by atoms with Crippen molar-refractivity contribution in [1.82, 2.24) is 0 Å². The molecule has 3 nitrogen and oxygen atoms in total. The summed E-state index contributed by atoms with van der Waals surface area (Å²) < 4.78 is 42.0. The van der Waals surface area contributed by atoms with Gasteiger partial charge in [-0.15, -0.1) is 0 Å². The minimum atomic E-state index is -4.42. The Bertz CT molecular complexity index is 478. The van der Waals surface area contributed by atoms with Crippen molar-refractivity contribution in [2.45, 2.75) is 19.2 Å². The predicted octanol–water partition coefficient (Wildman–Crippen LogP) is 2.77. The number of nitrogens with two attached hydrogens (primary N) is 1. The van der Waals surface area contributed by atoms with Crippen LogP contribution in [0.2, 0.25) is 0 Å². The molecule has 1 unspecified atom stereocenters. The van der Waals surface area contributed by atoms with Gasteiger partial charge in [0.1, 0.15) is 0 Å². The van der Waals surface area contributed by atoms with Gasteiger partial charge in [0, 0.05) is 24.4 Å². The zero-order valence-corrected chi connectivity index (χ0v) is 10.5. The number of halogens is 3. The Morgan fingerprint density at radius 1 is 1.32 bits per heavy atom. The molecule has 2 N–H and O–H groups in total. The normalized spacial score (nSPS) is 14.3. The predicted molar refractivity (Wildman–Crippen MR) is 64.5 cm³/mol. The van der Waals surface area contributed by atoms with Gasteiger partial charge in [0.25, 0.3) is 0 Å². The SMILES string of the molecule is COC(C)/C(N)=C/C(=O)c1ccc(C(F)(F)F)cc1. The van der Waals surface area contributed by atoms with E-state index in [0.717, 1.165) is 30.3 Å². The Morgan fingerprint density at radius 2 is 1.84 bits per heavy atom. The van der Waals surface area contributed by atoms with Gasteiger partial charge in [0.2, 0.25) is 0 Å². The van der Waals surface area contributed by atoms with Crippen molar-refractivity contribution >= 4 is 5.78 Å². The molecule has 0 aliphatic rings. The van der Waals surface area contributed by atoms with E-state index >= 15 is 0 Å². The van der Waals surface area contributed by atoms with Crippen molar-refractivity contribution in [2.24, 2.45) is 5.73 Å². The second-order valence-corrected chi connectivity index (χ2v) is 3.96. The first-order valence-electron chi connectivity index (χ1n) is 5.47. The molecular weight excluding hydrogens is 259 g/mol. The van der Waals surface area contributed by atoms with Crippen LogP contribution in [-0.4, -0.2) is 19.0 Å². The molecule has 0 aromatic heterocycles. The van der Waals surface area contributed by atoms with Crippen LogP contribution in [0.25, 0.3) is 0 Å². The van der Waals surface area contributed by atoms with Gasteiger partial charge in [-0.25, -0.2) is 0 Å². The molecule has 104 valence electrons. The van der Waals surface area contributed by atoms with E-state index in [-0.39, 0.29) is 11.3 Å². The highest BCUT2D eigenvalue weighted by atomic mass is 19.4. The number of allylic oxidation sites excluding steroid dienone is 1. The standard InChI is InChI=1S/C13H14F3NO2/c1-8(19-2)11(17)7-12(18)9-3-5-10(6-4-9)13(14,15)16/h3-8H,17H2,1-2H3/b11-7-. The minimum absolute atomic E-state index is 0.138. The second kappa shape index (κ2) is 5.88. The molecule has 1 atom stereocenters. The molecule has 6 heteroatoms. The number of hydrogen-bond acceptors (Lipinski definition) is 3. The smallest absolute Gasteiger partial charge is 0.400 e. The summed E-state index contributed by atoms with van der Waals surface area (Å²) in [6, 6.07) is 3.95. The van der Waals surface area contributed by atoms with E-state index < -0.39 is 23.6 Å². The minimum Gasteiger partial charge on any atom is -0.400 e. The van der Waals surface area contributed by atoms with Crippen molar-refractivity contribution in [3.63, 3.8) is 0 Å². The van der Waals surface area contributed by atoms with Crippen molar-refractivity contribution in [2.75, 3.05) is 7.11 Å². The van der Waals surface area contributed by atoms with E-state index in [1.807, 2.05) is 0 Å². The maximum absolute atomic E-state index is 12.3. The molecular formula is C13H14F3NO2. The van der Waals surface area contributed by atoms with Gasteiger partial charge < -0.3 is 10.5 Å². The van der Waals surface area contributed by atoms with Gasteiger partial charge in [-0.2, -0.15) is 13.2 Å². The third-order valence-corrected chi connectivity index (χ3v) is 2.62. The fraction of sp³-hybridized carbons (Fsp3) is 0.308. The number of rotatable bonds is 4. The first kappa shape index (κ1) is 15.2. The van der Waals surface area contributed by atoms with Crippen LogP contribution in [0.3, 0.4) is 0 Å². The van der Waals surface area contributed by atoms with Crippen molar-refractivity contribution < 1.29 is 22.7 Å². The molecule has 19 heavy (non-hydrogen) atoms. The quantitative estimate of drug-likeness (QED) is 0.678. The highest BCUT2D eigenvalue weighted by Crippen LogP contribution is 2.29. The highest BCUT2D eigenvalue weighted by Gasteiger charge is 2.30. The first-order valence-corrected chi connectivity index (χ1v) is 5.47. The molecule has 1 rings (SSSR count). The van der Waals surface area contributed by atoms with Crippen molar-refractivity contribution in [1.29, 1.82) is 0 Å². The largest absolute Gasteiger partial charge is 0.416 e. The van der Waals surface area contributed by atoms with Gasteiger partial charge in [0.05, 0.1) is 11.7 Å². The molecule has 0 saturated heterocycles. The number of methoxy groups -OCH3 is 1. The molecule has 1 aromatic rings. The van der Waals surface area contributed by atoms with Crippen molar-refractivity contribution in [3.05, 3.63) is 47.2 Å². The number of carbonyl (C=O) groups excluding carboxylic acids is 1. The van der Waals surface area contributed by atoms with Crippen LogP contribution in [0.1, 0.15) is 22.8 Å². The molecule has 0 fully saturated rings. The number of alkyl halides is 3. The third kappa shape index (κ3) is 4.10.